The predicted molar refractivity (Wildman–Crippen MR) is 122 cm³/mol. The highest BCUT2D eigenvalue weighted by atomic mass is 16.9. The van der Waals surface area contributed by atoms with Crippen molar-refractivity contribution in [3.63, 3.8) is 0 Å². The molecule has 4 saturated heterocycles. The number of nitrogens with one attached hydrogen (secondary N) is 1. The van der Waals surface area contributed by atoms with E-state index in [0.29, 0.717) is 13.2 Å². The largest absolute Gasteiger partial charge is 0.445 e. The van der Waals surface area contributed by atoms with Gasteiger partial charge in [0.2, 0.25) is 5.79 Å². The summed E-state index contributed by atoms with van der Waals surface area (Å²) in [5.74, 6) is -2.37. The van der Waals surface area contributed by atoms with Gasteiger partial charge in [-0.25, -0.2) is 4.79 Å². The van der Waals surface area contributed by atoms with E-state index in [1.54, 1.807) is 0 Å². The highest BCUT2D eigenvalue weighted by Crippen LogP contribution is 2.47. The summed E-state index contributed by atoms with van der Waals surface area (Å²) in [6, 6.07) is 9.75. The van der Waals surface area contributed by atoms with E-state index in [1.807, 2.05) is 58.0 Å². The minimum absolute atomic E-state index is 0.0778. The Morgan fingerprint density at radius 1 is 1.06 bits per heavy atom. The number of likely N-dealkylation sites (tertiary alicyclic amines) is 1. The number of benzene rings is 1. The van der Waals surface area contributed by atoms with Crippen molar-refractivity contribution in [2.75, 3.05) is 26.2 Å². The lowest BCUT2D eigenvalue weighted by molar-refractivity contribution is -0.287. The van der Waals surface area contributed by atoms with Crippen LogP contribution in [0.5, 0.6) is 0 Å². The lowest BCUT2D eigenvalue weighted by Gasteiger charge is -2.44. The van der Waals surface area contributed by atoms with E-state index < -0.39 is 17.4 Å². The fourth-order valence-corrected chi connectivity index (χ4v) is 5.44. The molecule has 0 aromatic heterocycles. The first-order valence-electron chi connectivity index (χ1n) is 12.2. The fraction of sp³-hybridized carbons (Fsp3) is 0.720. The van der Waals surface area contributed by atoms with Gasteiger partial charge in [-0.15, -0.1) is 0 Å². The van der Waals surface area contributed by atoms with E-state index >= 15 is 0 Å². The number of carbonyl (C=O) groups excluding carboxylic acids is 1. The van der Waals surface area contributed by atoms with Crippen molar-refractivity contribution < 1.29 is 33.2 Å². The van der Waals surface area contributed by atoms with Gasteiger partial charge in [0.1, 0.15) is 24.9 Å². The highest BCUT2D eigenvalue weighted by molar-refractivity contribution is 5.67. The summed E-state index contributed by atoms with van der Waals surface area (Å²) in [5, 5.41) is 3.00. The summed E-state index contributed by atoms with van der Waals surface area (Å²) >= 11 is 0. The molecule has 5 rings (SSSR count). The third-order valence-corrected chi connectivity index (χ3v) is 6.84. The number of amides is 1. The summed E-state index contributed by atoms with van der Waals surface area (Å²) in [5.41, 5.74) is 0.970. The number of ether oxygens (including phenoxy) is 6. The molecular formula is C25H36N2O7. The molecule has 0 spiro atoms. The maximum atomic E-state index is 12.2. The van der Waals surface area contributed by atoms with Crippen molar-refractivity contribution in [3.8, 4) is 0 Å². The van der Waals surface area contributed by atoms with Crippen LogP contribution in [0.1, 0.15) is 46.1 Å². The van der Waals surface area contributed by atoms with Crippen LogP contribution in [-0.2, 0) is 35.0 Å². The quantitative estimate of drug-likeness (QED) is 0.694. The van der Waals surface area contributed by atoms with Crippen LogP contribution in [0.3, 0.4) is 0 Å². The predicted octanol–water partition coefficient (Wildman–Crippen LogP) is 2.78. The first kappa shape index (κ1) is 24.0. The van der Waals surface area contributed by atoms with Crippen LogP contribution < -0.4 is 5.32 Å². The first-order chi connectivity index (χ1) is 16.1. The summed E-state index contributed by atoms with van der Waals surface area (Å²) < 4.78 is 36.6. The molecule has 4 aliphatic rings. The van der Waals surface area contributed by atoms with Crippen LogP contribution in [0.15, 0.2) is 30.3 Å². The standard InChI is InChI=1S/C25H36N2O7/c1-23(2)31-19-15-30-25(21(20(19)32-23)33-24(3,4)34-25)16-27-12-10-18(11-13-27)26-22(28)29-14-17-8-6-5-7-9-17/h5-9,18-21H,10-16H2,1-4H3,(H,26,28)/t19-,20-,21+,25+/m1/s1. The molecule has 4 fully saturated rings. The van der Waals surface area contributed by atoms with Crippen LogP contribution in [0, 0.1) is 0 Å². The number of fused-ring (bicyclic) bond motifs is 3. The Labute approximate surface area is 200 Å². The maximum absolute atomic E-state index is 12.2. The van der Waals surface area contributed by atoms with Crippen molar-refractivity contribution in [2.45, 2.75) is 88.9 Å². The third kappa shape index (κ3) is 5.10. The molecule has 1 amide bonds. The Bertz CT molecular complexity index is 871. The van der Waals surface area contributed by atoms with Crippen LogP contribution >= 0.6 is 0 Å². The van der Waals surface area contributed by atoms with Crippen molar-refractivity contribution in [2.24, 2.45) is 0 Å². The minimum atomic E-state index is -0.913. The number of hydrogen-bond donors (Lipinski definition) is 1. The lowest BCUT2D eigenvalue weighted by Crippen LogP contribution is -2.63. The van der Waals surface area contributed by atoms with Crippen LogP contribution in [0.25, 0.3) is 0 Å². The molecule has 4 heterocycles. The Morgan fingerprint density at radius 2 is 1.79 bits per heavy atom. The first-order valence-corrected chi connectivity index (χ1v) is 12.2. The maximum Gasteiger partial charge on any atom is 0.407 e. The Kier molecular flexibility index (Phi) is 6.37. The van der Waals surface area contributed by atoms with E-state index in [0.717, 1.165) is 31.5 Å². The number of rotatable bonds is 5. The van der Waals surface area contributed by atoms with Gasteiger partial charge < -0.3 is 33.7 Å². The van der Waals surface area contributed by atoms with Crippen molar-refractivity contribution >= 4 is 6.09 Å². The fourth-order valence-electron chi connectivity index (χ4n) is 5.44. The van der Waals surface area contributed by atoms with Gasteiger partial charge in [-0.2, -0.15) is 0 Å². The van der Waals surface area contributed by atoms with Gasteiger partial charge in [0.05, 0.1) is 13.2 Å². The van der Waals surface area contributed by atoms with E-state index in [9.17, 15) is 4.79 Å². The normalized spacial score (nSPS) is 34.9. The zero-order chi connectivity index (χ0) is 24.0. The van der Waals surface area contributed by atoms with Gasteiger partial charge in [-0.1, -0.05) is 30.3 Å². The summed E-state index contributed by atoms with van der Waals surface area (Å²) in [4.78, 5) is 14.5. The van der Waals surface area contributed by atoms with Gasteiger partial charge in [0.25, 0.3) is 0 Å². The molecule has 0 saturated carbocycles. The number of hydrogen-bond acceptors (Lipinski definition) is 8. The second-order valence-corrected chi connectivity index (χ2v) is 10.6. The lowest BCUT2D eigenvalue weighted by atomic mass is 9.95. The molecule has 4 aliphatic heterocycles. The van der Waals surface area contributed by atoms with Crippen LogP contribution in [-0.4, -0.2) is 78.9 Å². The second kappa shape index (κ2) is 9.04. The van der Waals surface area contributed by atoms with E-state index in [4.69, 9.17) is 28.4 Å². The molecule has 1 N–H and O–H groups in total. The van der Waals surface area contributed by atoms with Gasteiger partial charge in [0, 0.05) is 19.1 Å². The summed E-state index contributed by atoms with van der Waals surface area (Å²) in [7, 11) is 0. The molecule has 0 radical (unpaired) electrons. The summed E-state index contributed by atoms with van der Waals surface area (Å²) in [6.07, 6.45) is 0.463. The topological polar surface area (TPSA) is 87.7 Å². The number of alkyl carbamates (subject to hydrolysis) is 1. The smallest absolute Gasteiger partial charge is 0.407 e. The van der Waals surface area contributed by atoms with Crippen LogP contribution in [0.2, 0.25) is 0 Å². The number of carbonyl (C=O) groups is 1. The van der Waals surface area contributed by atoms with Gasteiger partial charge in [-0.05, 0) is 46.1 Å². The second-order valence-electron chi connectivity index (χ2n) is 10.6. The van der Waals surface area contributed by atoms with Crippen LogP contribution in [0.4, 0.5) is 4.79 Å². The minimum Gasteiger partial charge on any atom is -0.445 e. The molecule has 0 bridgehead atoms. The van der Waals surface area contributed by atoms with Crippen molar-refractivity contribution in [1.82, 2.24) is 10.2 Å². The van der Waals surface area contributed by atoms with Gasteiger partial charge in [-0.3, -0.25) is 4.90 Å². The monoisotopic (exact) mass is 476 g/mol. The Balaban J connectivity index is 1.14. The van der Waals surface area contributed by atoms with Gasteiger partial charge >= 0.3 is 6.09 Å². The molecular weight excluding hydrogens is 440 g/mol. The number of nitrogens with zero attached hydrogens (tertiary/aromatic N) is 1. The average Bonchev–Trinajstić information content (AvgIpc) is 3.25. The molecule has 1 aromatic rings. The molecule has 188 valence electrons. The third-order valence-electron chi connectivity index (χ3n) is 6.84. The molecule has 4 atom stereocenters. The molecule has 9 nitrogen and oxygen atoms in total. The Morgan fingerprint density at radius 3 is 2.53 bits per heavy atom. The molecule has 0 unspecified atom stereocenters. The molecule has 1 aromatic carbocycles. The number of piperidine rings is 1. The van der Waals surface area contributed by atoms with Crippen molar-refractivity contribution in [1.29, 1.82) is 0 Å². The Hall–Kier alpha value is -1.75. The molecule has 34 heavy (non-hydrogen) atoms. The zero-order valence-corrected chi connectivity index (χ0v) is 20.5. The van der Waals surface area contributed by atoms with E-state index in [-0.39, 0.29) is 37.1 Å². The van der Waals surface area contributed by atoms with Crippen molar-refractivity contribution in [3.05, 3.63) is 35.9 Å². The molecule has 0 aliphatic carbocycles. The molecule has 9 heteroatoms. The highest BCUT2D eigenvalue weighted by Gasteiger charge is 2.65. The zero-order valence-electron chi connectivity index (χ0n) is 20.5. The summed E-state index contributed by atoms with van der Waals surface area (Å²) in [6.45, 7) is 10.5. The van der Waals surface area contributed by atoms with E-state index in [2.05, 4.69) is 10.2 Å². The van der Waals surface area contributed by atoms with E-state index in [1.165, 1.54) is 0 Å². The van der Waals surface area contributed by atoms with Gasteiger partial charge in [0.15, 0.2) is 11.6 Å². The average molecular weight is 477 g/mol. The SMILES string of the molecule is CC1(C)O[C@@H]2[C@@H](CO[C@@]3(CN4CCC(NC(=O)OCc5ccccc5)CC4)OC(C)(C)O[C@@H]23)O1.